The van der Waals surface area contributed by atoms with Crippen molar-refractivity contribution in [1.29, 1.82) is 0 Å². The zero-order chi connectivity index (χ0) is 11.4. The fourth-order valence-corrected chi connectivity index (χ4v) is 1.70. The van der Waals surface area contributed by atoms with Gasteiger partial charge in [0.05, 0.1) is 13.7 Å². The molecule has 0 spiro atoms. The molecule has 0 amide bonds. The van der Waals surface area contributed by atoms with Crippen molar-refractivity contribution in [3.63, 3.8) is 0 Å². The van der Waals surface area contributed by atoms with Gasteiger partial charge in [-0.3, -0.25) is 0 Å². The molecule has 0 saturated heterocycles. The van der Waals surface area contributed by atoms with Crippen molar-refractivity contribution in [2.45, 2.75) is 13.3 Å². The van der Waals surface area contributed by atoms with Crippen molar-refractivity contribution in [3.05, 3.63) is 36.4 Å². The smallest absolute Gasteiger partial charge is 0.127 e. The standard InChI is InChI=1S/C14H16O2/c1-3-9-16-14-6-4-5-11-10-12(15-2)7-8-13(11)14/h4-8,10H,3,9H2,1-2H3. The van der Waals surface area contributed by atoms with Gasteiger partial charge in [0.1, 0.15) is 11.5 Å². The first kappa shape index (κ1) is 10.8. The SMILES string of the molecule is CCCOc1cccc2cc(OC)ccc12. The van der Waals surface area contributed by atoms with Crippen molar-refractivity contribution < 1.29 is 9.47 Å². The predicted octanol–water partition coefficient (Wildman–Crippen LogP) is 3.64. The van der Waals surface area contributed by atoms with E-state index in [1.165, 1.54) is 0 Å². The summed E-state index contributed by atoms with van der Waals surface area (Å²) in [6.07, 6.45) is 1.02. The molecule has 84 valence electrons. The maximum atomic E-state index is 5.70. The molecule has 0 fully saturated rings. The second kappa shape index (κ2) is 4.88. The molecule has 16 heavy (non-hydrogen) atoms. The summed E-state index contributed by atoms with van der Waals surface area (Å²) in [4.78, 5) is 0. The highest BCUT2D eigenvalue weighted by Gasteiger charge is 2.02. The molecule has 0 radical (unpaired) electrons. The molecular formula is C14H16O2. The van der Waals surface area contributed by atoms with Crippen molar-refractivity contribution in [2.75, 3.05) is 13.7 Å². The van der Waals surface area contributed by atoms with E-state index < -0.39 is 0 Å². The van der Waals surface area contributed by atoms with E-state index in [2.05, 4.69) is 13.0 Å². The van der Waals surface area contributed by atoms with Crippen LogP contribution in [0.5, 0.6) is 11.5 Å². The van der Waals surface area contributed by atoms with Gasteiger partial charge in [-0.15, -0.1) is 0 Å². The van der Waals surface area contributed by atoms with Crippen molar-refractivity contribution in [1.82, 2.24) is 0 Å². The first-order valence-corrected chi connectivity index (χ1v) is 5.54. The van der Waals surface area contributed by atoms with E-state index in [0.29, 0.717) is 0 Å². The second-order valence-corrected chi connectivity index (χ2v) is 3.69. The fraction of sp³-hybridized carbons (Fsp3) is 0.286. The normalized spacial score (nSPS) is 10.4. The van der Waals surface area contributed by atoms with Crippen LogP contribution in [0.3, 0.4) is 0 Å². The molecule has 0 saturated carbocycles. The fourth-order valence-electron chi connectivity index (χ4n) is 1.70. The second-order valence-electron chi connectivity index (χ2n) is 3.69. The van der Waals surface area contributed by atoms with E-state index in [9.17, 15) is 0 Å². The molecule has 0 aliphatic rings. The van der Waals surface area contributed by atoms with E-state index in [-0.39, 0.29) is 0 Å². The Hall–Kier alpha value is -1.70. The number of rotatable bonds is 4. The minimum Gasteiger partial charge on any atom is -0.497 e. The minimum absolute atomic E-state index is 0.755. The molecule has 0 heterocycles. The zero-order valence-electron chi connectivity index (χ0n) is 9.69. The summed E-state index contributed by atoms with van der Waals surface area (Å²) in [5.74, 6) is 1.82. The maximum Gasteiger partial charge on any atom is 0.127 e. The molecule has 0 N–H and O–H groups in total. The molecule has 2 rings (SSSR count). The quantitative estimate of drug-likeness (QED) is 0.776. The Morgan fingerprint density at radius 2 is 2.00 bits per heavy atom. The summed E-state index contributed by atoms with van der Waals surface area (Å²) in [6, 6.07) is 12.1. The largest absolute Gasteiger partial charge is 0.497 e. The highest BCUT2D eigenvalue weighted by Crippen LogP contribution is 2.28. The lowest BCUT2D eigenvalue weighted by Crippen LogP contribution is -1.95. The Kier molecular flexibility index (Phi) is 3.30. The van der Waals surface area contributed by atoms with Crippen LogP contribution in [0.25, 0.3) is 10.8 Å². The van der Waals surface area contributed by atoms with E-state index in [1.807, 2.05) is 30.3 Å². The molecule has 0 aromatic heterocycles. The van der Waals surface area contributed by atoms with Gasteiger partial charge in [0.15, 0.2) is 0 Å². The molecule has 0 unspecified atom stereocenters. The number of benzene rings is 2. The predicted molar refractivity (Wildman–Crippen MR) is 66.3 cm³/mol. The summed E-state index contributed by atoms with van der Waals surface area (Å²) in [6.45, 7) is 2.86. The average molecular weight is 216 g/mol. The molecular weight excluding hydrogens is 200 g/mol. The molecule has 2 aromatic carbocycles. The van der Waals surface area contributed by atoms with Crippen LogP contribution in [-0.2, 0) is 0 Å². The van der Waals surface area contributed by atoms with Gasteiger partial charge < -0.3 is 9.47 Å². The lowest BCUT2D eigenvalue weighted by Gasteiger charge is -2.09. The lowest BCUT2D eigenvalue weighted by molar-refractivity contribution is 0.321. The molecule has 0 atom stereocenters. The van der Waals surface area contributed by atoms with Gasteiger partial charge >= 0.3 is 0 Å². The van der Waals surface area contributed by atoms with E-state index >= 15 is 0 Å². The summed E-state index contributed by atoms with van der Waals surface area (Å²) in [5.41, 5.74) is 0. The average Bonchev–Trinajstić information content (AvgIpc) is 2.35. The molecule has 2 nitrogen and oxygen atoms in total. The minimum atomic E-state index is 0.755. The van der Waals surface area contributed by atoms with Crippen LogP contribution in [-0.4, -0.2) is 13.7 Å². The van der Waals surface area contributed by atoms with Gasteiger partial charge in [-0.2, -0.15) is 0 Å². The van der Waals surface area contributed by atoms with Crippen molar-refractivity contribution in [3.8, 4) is 11.5 Å². The van der Waals surface area contributed by atoms with Crippen molar-refractivity contribution >= 4 is 10.8 Å². The van der Waals surface area contributed by atoms with Gasteiger partial charge in [-0.25, -0.2) is 0 Å². The van der Waals surface area contributed by atoms with Gasteiger partial charge in [-0.1, -0.05) is 19.1 Å². The van der Waals surface area contributed by atoms with Crippen LogP contribution in [0, 0.1) is 0 Å². The first-order chi connectivity index (χ1) is 7.85. The van der Waals surface area contributed by atoms with E-state index in [1.54, 1.807) is 7.11 Å². The number of hydrogen-bond donors (Lipinski definition) is 0. The van der Waals surface area contributed by atoms with Gasteiger partial charge in [0.25, 0.3) is 0 Å². The first-order valence-electron chi connectivity index (χ1n) is 5.54. The maximum absolute atomic E-state index is 5.70. The Morgan fingerprint density at radius 1 is 1.12 bits per heavy atom. The molecule has 0 aliphatic carbocycles. The van der Waals surface area contributed by atoms with Gasteiger partial charge in [0.2, 0.25) is 0 Å². The Balaban J connectivity index is 2.43. The summed E-state index contributed by atoms with van der Waals surface area (Å²) in [5, 5.41) is 2.28. The van der Waals surface area contributed by atoms with Crippen molar-refractivity contribution in [2.24, 2.45) is 0 Å². The van der Waals surface area contributed by atoms with Crippen LogP contribution < -0.4 is 9.47 Å². The van der Waals surface area contributed by atoms with E-state index in [4.69, 9.17) is 9.47 Å². The summed E-state index contributed by atoms with van der Waals surface area (Å²) in [7, 11) is 1.68. The van der Waals surface area contributed by atoms with Crippen LogP contribution in [0.4, 0.5) is 0 Å². The number of methoxy groups -OCH3 is 1. The summed E-state index contributed by atoms with van der Waals surface area (Å²) < 4.78 is 10.9. The van der Waals surface area contributed by atoms with E-state index in [0.717, 1.165) is 35.3 Å². The van der Waals surface area contributed by atoms with Crippen LogP contribution in [0.15, 0.2) is 36.4 Å². The lowest BCUT2D eigenvalue weighted by atomic mass is 10.1. The third kappa shape index (κ3) is 2.11. The summed E-state index contributed by atoms with van der Waals surface area (Å²) >= 11 is 0. The highest BCUT2D eigenvalue weighted by atomic mass is 16.5. The molecule has 0 bridgehead atoms. The zero-order valence-corrected chi connectivity index (χ0v) is 9.69. The Bertz CT molecular complexity index is 477. The van der Waals surface area contributed by atoms with Crippen LogP contribution in [0.1, 0.15) is 13.3 Å². The third-order valence-electron chi connectivity index (χ3n) is 2.51. The number of ether oxygens (including phenoxy) is 2. The van der Waals surface area contributed by atoms with Crippen LogP contribution >= 0.6 is 0 Å². The molecule has 2 heteroatoms. The topological polar surface area (TPSA) is 18.5 Å². The number of hydrogen-bond acceptors (Lipinski definition) is 2. The van der Waals surface area contributed by atoms with Gasteiger partial charge in [0, 0.05) is 5.39 Å². The Labute approximate surface area is 95.8 Å². The monoisotopic (exact) mass is 216 g/mol. The highest BCUT2D eigenvalue weighted by molar-refractivity contribution is 5.89. The third-order valence-corrected chi connectivity index (χ3v) is 2.51. The molecule has 0 aliphatic heterocycles. The van der Waals surface area contributed by atoms with Gasteiger partial charge in [-0.05, 0) is 36.1 Å². The molecule has 2 aromatic rings. The Morgan fingerprint density at radius 3 is 2.75 bits per heavy atom. The number of fused-ring (bicyclic) bond motifs is 1. The van der Waals surface area contributed by atoms with Crippen LogP contribution in [0.2, 0.25) is 0 Å².